The van der Waals surface area contributed by atoms with Gasteiger partial charge in [0.2, 0.25) is 5.91 Å². The van der Waals surface area contributed by atoms with E-state index in [-0.39, 0.29) is 17.7 Å². The van der Waals surface area contributed by atoms with Crippen molar-refractivity contribution in [3.63, 3.8) is 0 Å². The van der Waals surface area contributed by atoms with Crippen LogP contribution in [0.4, 0.5) is 0 Å². The number of aryl methyl sites for hydroxylation is 1. The van der Waals surface area contributed by atoms with Gasteiger partial charge in [0.25, 0.3) is 5.91 Å². The van der Waals surface area contributed by atoms with Gasteiger partial charge in [-0.2, -0.15) is 0 Å². The number of likely N-dealkylation sites (tertiary alicyclic amines) is 1. The molecule has 0 unspecified atom stereocenters. The van der Waals surface area contributed by atoms with Crippen LogP contribution in [0.5, 0.6) is 0 Å². The normalized spacial score (nSPS) is 19.4. The third-order valence-electron chi connectivity index (χ3n) is 5.31. The Balaban J connectivity index is 1.33. The molecule has 0 aromatic carbocycles. The first-order valence-corrected chi connectivity index (χ1v) is 11.1. The van der Waals surface area contributed by atoms with E-state index >= 15 is 0 Å². The SMILES string of the molecule is O=C(NCCc1cccs1)[C@H]1CCc2sc(C(=O)N3CCCC3)cc2C1. The van der Waals surface area contributed by atoms with E-state index in [1.54, 1.807) is 22.7 Å². The zero-order chi connectivity index (χ0) is 17.9. The number of carbonyl (C=O) groups excluding carboxylic acids is 2. The first-order valence-electron chi connectivity index (χ1n) is 9.41. The summed E-state index contributed by atoms with van der Waals surface area (Å²) in [6.45, 7) is 2.47. The largest absolute Gasteiger partial charge is 0.355 e. The van der Waals surface area contributed by atoms with Crippen LogP contribution in [0.3, 0.4) is 0 Å². The number of fused-ring (bicyclic) bond motifs is 1. The van der Waals surface area contributed by atoms with E-state index in [9.17, 15) is 9.59 Å². The quantitative estimate of drug-likeness (QED) is 0.852. The Bertz CT molecular complexity index is 776. The van der Waals surface area contributed by atoms with Crippen molar-refractivity contribution >= 4 is 34.5 Å². The molecule has 2 amide bonds. The van der Waals surface area contributed by atoms with Crippen LogP contribution in [0, 0.1) is 5.92 Å². The van der Waals surface area contributed by atoms with Crippen molar-refractivity contribution in [3.05, 3.63) is 43.8 Å². The summed E-state index contributed by atoms with van der Waals surface area (Å²) in [5.74, 6) is 0.375. The molecule has 0 spiro atoms. The Morgan fingerprint density at radius 2 is 2.12 bits per heavy atom. The molecular formula is C20H24N2O2S2. The first kappa shape index (κ1) is 17.7. The third-order valence-corrected chi connectivity index (χ3v) is 7.47. The Labute approximate surface area is 162 Å². The number of rotatable bonds is 5. The standard InChI is InChI=1S/C20H24N2O2S2/c23-19(21-8-7-16-4-3-11-25-16)14-5-6-17-15(12-14)13-18(26-17)20(24)22-9-1-2-10-22/h3-4,11,13-14H,1-2,5-10,12H2,(H,21,23)/t14-/m0/s1. The van der Waals surface area contributed by atoms with Gasteiger partial charge in [-0.15, -0.1) is 22.7 Å². The van der Waals surface area contributed by atoms with Gasteiger partial charge in [0.15, 0.2) is 0 Å². The number of hydrogen-bond acceptors (Lipinski definition) is 4. The van der Waals surface area contributed by atoms with Gasteiger partial charge in [-0.25, -0.2) is 0 Å². The van der Waals surface area contributed by atoms with E-state index in [4.69, 9.17) is 0 Å². The number of nitrogens with zero attached hydrogens (tertiary/aromatic N) is 1. The second kappa shape index (κ2) is 7.92. The molecule has 0 saturated carbocycles. The molecule has 4 nitrogen and oxygen atoms in total. The average Bonchev–Trinajstić information content (AvgIpc) is 3.40. The van der Waals surface area contributed by atoms with Crippen molar-refractivity contribution in [2.45, 2.75) is 38.5 Å². The van der Waals surface area contributed by atoms with E-state index < -0.39 is 0 Å². The van der Waals surface area contributed by atoms with E-state index in [0.717, 1.165) is 56.5 Å². The zero-order valence-corrected chi connectivity index (χ0v) is 16.5. The molecule has 1 fully saturated rings. The molecule has 0 bridgehead atoms. The minimum absolute atomic E-state index is 0.0372. The predicted octanol–water partition coefficient (Wildman–Crippen LogP) is 3.51. The molecule has 1 atom stereocenters. The van der Waals surface area contributed by atoms with Gasteiger partial charge in [-0.3, -0.25) is 9.59 Å². The molecule has 2 aliphatic rings. The van der Waals surface area contributed by atoms with Gasteiger partial charge in [0.05, 0.1) is 4.88 Å². The van der Waals surface area contributed by atoms with Gasteiger partial charge in [-0.1, -0.05) is 6.07 Å². The monoisotopic (exact) mass is 388 g/mol. The molecule has 6 heteroatoms. The Hall–Kier alpha value is -1.66. The summed E-state index contributed by atoms with van der Waals surface area (Å²) in [7, 11) is 0. The highest BCUT2D eigenvalue weighted by molar-refractivity contribution is 7.14. The van der Waals surface area contributed by atoms with E-state index in [2.05, 4.69) is 16.8 Å². The zero-order valence-electron chi connectivity index (χ0n) is 14.8. The van der Waals surface area contributed by atoms with Crippen molar-refractivity contribution < 1.29 is 9.59 Å². The minimum Gasteiger partial charge on any atom is -0.355 e. The first-order chi connectivity index (χ1) is 12.7. The smallest absolute Gasteiger partial charge is 0.263 e. The molecule has 0 radical (unpaired) electrons. The fourth-order valence-corrected chi connectivity index (χ4v) is 5.72. The van der Waals surface area contributed by atoms with Gasteiger partial charge in [0, 0.05) is 35.3 Å². The lowest BCUT2D eigenvalue weighted by Gasteiger charge is -2.21. The summed E-state index contributed by atoms with van der Waals surface area (Å²) in [4.78, 5) is 30.5. The maximum atomic E-state index is 12.6. The lowest BCUT2D eigenvalue weighted by atomic mass is 9.87. The fourth-order valence-electron chi connectivity index (χ4n) is 3.84. The summed E-state index contributed by atoms with van der Waals surface area (Å²) >= 11 is 3.37. The van der Waals surface area contributed by atoms with Crippen molar-refractivity contribution in [2.75, 3.05) is 19.6 Å². The van der Waals surface area contributed by atoms with Crippen LogP contribution in [0.2, 0.25) is 0 Å². The molecular weight excluding hydrogens is 364 g/mol. The van der Waals surface area contributed by atoms with E-state index in [1.807, 2.05) is 17.0 Å². The van der Waals surface area contributed by atoms with Crippen molar-refractivity contribution in [1.29, 1.82) is 0 Å². The summed E-state index contributed by atoms with van der Waals surface area (Å²) < 4.78 is 0. The molecule has 2 aromatic heterocycles. The van der Waals surface area contributed by atoms with Crippen LogP contribution in [0.1, 0.15) is 44.3 Å². The van der Waals surface area contributed by atoms with Crippen LogP contribution in [-0.2, 0) is 24.1 Å². The number of nitrogens with one attached hydrogen (secondary N) is 1. The van der Waals surface area contributed by atoms with Crippen molar-refractivity contribution in [3.8, 4) is 0 Å². The summed E-state index contributed by atoms with van der Waals surface area (Å²) in [6, 6.07) is 6.20. The van der Waals surface area contributed by atoms with Crippen LogP contribution in [0.15, 0.2) is 23.6 Å². The summed E-state index contributed by atoms with van der Waals surface area (Å²) in [5, 5.41) is 5.16. The molecule has 138 valence electrons. The van der Waals surface area contributed by atoms with Gasteiger partial charge in [0.1, 0.15) is 0 Å². The molecule has 3 heterocycles. The Morgan fingerprint density at radius 1 is 1.27 bits per heavy atom. The summed E-state index contributed by atoms with van der Waals surface area (Å²) in [5.41, 5.74) is 1.21. The van der Waals surface area contributed by atoms with Crippen LogP contribution < -0.4 is 5.32 Å². The Morgan fingerprint density at radius 3 is 2.88 bits per heavy atom. The van der Waals surface area contributed by atoms with Crippen LogP contribution in [0.25, 0.3) is 0 Å². The maximum Gasteiger partial charge on any atom is 0.263 e. The van der Waals surface area contributed by atoms with E-state index in [1.165, 1.54) is 15.3 Å². The van der Waals surface area contributed by atoms with E-state index in [0.29, 0.717) is 6.54 Å². The minimum atomic E-state index is 0.0372. The van der Waals surface area contributed by atoms with Crippen LogP contribution >= 0.6 is 22.7 Å². The van der Waals surface area contributed by atoms with Crippen LogP contribution in [-0.4, -0.2) is 36.3 Å². The topological polar surface area (TPSA) is 49.4 Å². The number of amides is 2. The summed E-state index contributed by atoms with van der Waals surface area (Å²) in [6.07, 6.45) is 5.69. The molecule has 1 saturated heterocycles. The highest BCUT2D eigenvalue weighted by atomic mass is 32.1. The number of carbonyl (C=O) groups is 2. The second-order valence-corrected chi connectivity index (χ2v) is 9.29. The lowest BCUT2D eigenvalue weighted by Crippen LogP contribution is -2.34. The molecule has 2 aromatic rings. The fraction of sp³-hybridized carbons (Fsp3) is 0.500. The second-order valence-electron chi connectivity index (χ2n) is 7.12. The number of thiophene rings is 2. The van der Waals surface area contributed by atoms with Gasteiger partial charge >= 0.3 is 0 Å². The molecule has 1 aliphatic heterocycles. The molecule has 4 rings (SSSR count). The van der Waals surface area contributed by atoms with Crippen molar-refractivity contribution in [2.24, 2.45) is 5.92 Å². The molecule has 26 heavy (non-hydrogen) atoms. The molecule has 1 N–H and O–H groups in total. The maximum absolute atomic E-state index is 12.6. The Kier molecular flexibility index (Phi) is 5.41. The van der Waals surface area contributed by atoms with Gasteiger partial charge in [-0.05, 0) is 61.6 Å². The number of hydrogen-bond donors (Lipinski definition) is 1. The van der Waals surface area contributed by atoms with Crippen molar-refractivity contribution in [1.82, 2.24) is 10.2 Å². The highest BCUT2D eigenvalue weighted by Gasteiger charge is 2.29. The predicted molar refractivity (Wildman–Crippen MR) is 106 cm³/mol. The highest BCUT2D eigenvalue weighted by Crippen LogP contribution is 2.33. The average molecular weight is 389 g/mol. The molecule has 1 aliphatic carbocycles. The van der Waals surface area contributed by atoms with Gasteiger partial charge < -0.3 is 10.2 Å². The third kappa shape index (κ3) is 3.86. The lowest BCUT2D eigenvalue weighted by molar-refractivity contribution is -0.125.